The highest BCUT2D eigenvalue weighted by molar-refractivity contribution is 6.07. The minimum absolute atomic E-state index is 0.0892. The topological polar surface area (TPSA) is 56.1 Å². The number of benzene rings is 2. The first kappa shape index (κ1) is 20.3. The van der Waals surface area contributed by atoms with Gasteiger partial charge in [0.25, 0.3) is 5.91 Å². The zero-order valence-corrected chi connectivity index (χ0v) is 16.5. The molecule has 0 aliphatic carbocycles. The fourth-order valence-corrected chi connectivity index (χ4v) is 3.03. The summed E-state index contributed by atoms with van der Waals surface area (Å²) in [5, 5.41) is 12.5. The van der Waals surface area contributed by atoms with E-state index in [9.17, 15) is 10.1 Å². The molecule has 4 heteroatoms. The maximum absolute atomic E-state index is 12.8. The number of aryl methyl sites for hydroxylation is 3. The molecule has 0 fully saturated rings. The van der Waals surface area contributed by atoms with Crippen molar-refractivity contribution in [2.75, 3.05) is 16.8 Å². The van der Waals surface area contributed by atoms with Crippen molar-refractivity contribution in [1.82, 2.24) is 0 Å². The Labute approximate surface area is 162 Å². The van der Waals surface area contributed by atoms with Gasteiger partial charge in [0.05, 0.1) is 0 Å². The number of carbonyl (C=O) groups is 1. The summed E-state index contributed by atoms with van der Waals surface area (Å²) >= 11 is 0. The van der Waals surface area contributed by atoms with Gasteiger partial charge in [0, 0.05) is 24.1 Å². The summed E-state index contributed by atoms with van der Waals surface area (Å²) in [5.74, 6) is -0.376. The number of nitrogens with one attached hydrogen (secondary N) is 1. The molecule has 1 amide bonds. The van der Waals surface area contributed by atoms with Gasteiger partial charge in [-0.05, 0) is 55.5 Å². The fourth-order valence-electron chi connectivity index (χ4n) is 3.03. The zero-order valence-electron chi connectivity index (χ0n) is 16.5. The molecule has 0 radical (unpaired) electrons. The SMILES string of the molecule is CCc1cccc(CC)c1NC(=O)/C(C#N)=C\N(CC)c1cccc(C)c1. The van der Waals surface area contributed by atoms with Gasteiger partial charge in [0.15, 0.2) is 0 Å². The van der Waals surface area contributed by atoms with Crippen LogP contribution in [0.25, 0.3) is 0 Å². The standard InChI is InChI=1S/C23H27N3O/c1-5-18-11-9-12-19(6-2)22(18)25-23(27)20(15-24)16-26(7-3)21-13-8-10-17(4)14-21/h8-14,16H,5-7H2,1-4H3,(H,25,27)/b20-16-. The largest absolute Gasteiger partial charge is 0.347 e. The molecule has 2 rings (SSSR count). The number of nitriles is 1. The van der Waals surface area contributed by atoms with Crippen molar-refractivity contribution in [3.05, 3.63) is 70.9 Å². The number of nitrogens with zero attached hydrogens (tertiary/aromatic N) is 2. The predicted molar refractivity (Wildman–Crippen MR) is 112 cm³/mol. The number of para-hydroxylation sites is 1. The highest BCUT2D eigenvalue weighted by Gasteiger charge is 2.15. The second-order valence-corrected chi connectivity index (χ2v) is 6.39. The lowest BCUT2D eigenvalue weighted by Gasteiger charge is -2.20. The summed E-state index contributed by atoms with van der Waals surface area (Å²) in [6, 6.07) is 16.1. The van der Waals surface area contributed by atoms with Gasteiger partial charge < -0.3 is 10.2 Å². The van der Waals surface area contributed by atoms with Crippen LogP contribution in [-0.2, 0) is 17.6 Å². The van der Waals surface area contributed by atoms with E-state index in [-0.39, 0.29) is 11.5 Å². The van der Waals surface area contributed by atoms with Gasteiger partial charge >= 0.3 is 0 Å². The van der Waals surface area contributed by atoms with Crippen LogP contribution in [0.4, 0.5) is 11.4 Å². The van der Waals surface area contributed by atoms with Gasteiger partial charge in [-0.3, -0.25) is 4.79 Å². The Bertz CT molecular complexity index is 855. The molecule has 0 saturated heterocycles. The Morgan fingerprint density at radius 1 is 1.11 bits per heavy atom. The van der Waals surface area contributed by atoms with Crippen LogP contribution in [-0.4, -0.2) is 12.5 Å². The van der Waals surface area contributed by atoms with E-state index in [4.69, 9.17) is 0 Å². The van der Waals surface area contributed by atoms with Crippen molar-refractivity contribution < 1.29 is 4.79 Å². The number of anilines is 2. The van der Waals surface area contributed by atoms with E-state index in [1.165, 1.54) is 0 Å². The van der Waals surface area contributed by atoms with Crippen molar-refractivity contribution in [2.45, 2.75) is 40.5 Å². The van der Waals surface area contributed by atoms with E-state index in [1.54, 1.807) is 6.20 Å². The van der Waals surface area contributed by atoms with Gasteiger partial charge in [-0.25, -0.2) is 0 Å². The lowest BCUT2D eigenvalue weighted by atomic mass is 10.0. The van der Waals surface area contributed by atoms with Crippen molar-refractivity contribution in [3.63, 3.8) is 0 Å². The van der Waals surface area contributed by atoms with E-state index in [2.05, 4.69) is 25.2 Å². The summed E-state index contributed by atoms with van der Waals surface area (Å²) in [6.45, 7) is 8.79. The molecule has 0 aromatic heterocycles. The first-order valence-electron chi connectivity index (χ1n) is 9.41. The molecule has 4 nitrogen and oxygen atoms in total. The van der Waals surface area contributed by atoms with Crippen LogP contribution in [0, 0.1) is 18.3 Å². The third-order valence-electron chi connectivity index (χ3n) is 4.56. The van der Waals surface area contributed by atoms with E-state index >= 15 is 0 Å². The van der Waals surface area contributed by atoms with E-state index in [0.29, 0.717) is 6.54 Å². The number of hydrogen-bond donors (Lipinski definition) is 1. The van der Waals surface area contributed by atoms with Crippen molar-refractivity contribution in [2.24, 2.45) is 0 Å². The number of carbonyl (C=O) groups excluding carboxylic acids is 1. The van der Waals surface area contributed by atoms with Gasteiger partial charge in [-0.15, -0.1) is 0 Å². The average molecular weight is 361 g/mol. The molecule has 27 heavy (non-hydrogen) atoms. The molecule has 0 bridgehead atoms. The molecule has 2 aromatic carbocycles. The van der Waals surface area contributed by atoms with Gasteiger partial charge in [0.1, 0.15) is 11.6 Å². The molecule has 0 aliphatic rings. The Morgan fingerprint density at radius 2 is 1.74 bits per heavy atom. The molecule has 0 saturated carbocycles. The van der Waals surface area contributed by atoms with Gasteiger partial charge in [-0.1, -0.05) is 44.2 Å². The number of hydrogen-bond acceptors (Lipinski definition) is 3. The smallest absolute Gasteiger partial charge is 0.267 e. The number of amides is 1. The fraction of sp³-hybridized carbons (Fsp3) is 0.304. The Kier molecular flexibility index (Phi) is 7.19. The maximum Gasteiger partial charge on any atom is 0.267 e. The molecule has 0 spiro atoms. The molecule has 0 atom stereocenters. The summed E-state index contributed by atoms with van der Waals surface area (Å²) in [5.41, 5.74) is 5.16. The van der Waals surface area contributed by atoms with Crippen molar-refractivity contribution >= 4 is 17.3 Å². The first-order valence-corrected chi connectivity index (χ1v) is 9.41. The van der Waals surface area contributed by atoms with E-state index < -0.39 is 0 Å². The van der Waals surface area contributed by atoms with E-state index in [0.717, 1.165) is 40.9 Å². The molecule has 1 N–H and O–H groups in total. The number of rotatable bonds is 7. The summed E-state index contributed by atoms with van der Waals surface area (Å²) < 4.78 is 0. The second kappa shape index (κ2) is 9.59. The monoisotopic (exact) mass is 361 g/mol. The van der Waals surface area contributed by atoms with Crippen LogP contribution in [0.15, 0.2) is 54.2 Å². The second-order valence-electron chi connectivity index (χ2n) is 6.39. The molecule has 140 valence electrons. The predicted octanol–water partition coefficient (Wildman–Crippen LogP) is 4.99. The van der Waals surface area contributed by atoms with Crippen LogP contribution in [0.3, 0.4) is 0 Å². The summed E-state index contributed by atoms with van der Waals surface area (Å²) in [7, 11) is 0. The summed E-state index contributed by atoms with van der Waals surface area (Å²) in [6.07, 6.45) is 3.27. The van der Waals surface area contributed by atoms with Crippen molar-refractivity contribution in [1.29, 1.82) is 5.26 Å². The molecule has 0 unspecified atom stereocenters. The lowest BCUT2D eigenvalue weighted by molar-refractivity contribution is -0.112. The Hall–Kier alpha value is -3.06. The molecule has 0 heterocycles. The van der Waals surface area contributed by atoms with Crippen LogP contribution >= 0.6 is 0 Å². The van der Waals surface area contributed by atoms with Crippen LogP contribution in [0.5, 0.6) is 0 Å². The Balaban J connectivity index is 2.33. The van der Waals surface area contributed by atoms with Crippen LogP contribution < -0.4 is 10.2 Å². The van der Waals surface area contributed by atoms with Gasteiger partial charge in [-0.2, -0.15) is 5.26 Å². The van der Waals surface area contributed by atoms with Crippen LogP contribution in [0.2, 0.25) is 0 Å². The zero-order chi connectivity index (χ0) is 19.8. The highest BCUT2D eigenvalue weighted by Crippen LogP contribution is 2.23. The Morgan fingerprint density at radius 3 is 2.26 bits per heavy atom. The quantitative estimate of drug-likeness (QED) is 0.558. The molecule has 0 aliphatic heterocycles. The maximum atomic E-state index is 12.8. The summed E-state index contributed by atoms with van der Waals surface area (Å²) in [4.78, 5) is 14.7. The normalized spacial score (nSPS) is 11.0. The molecular weight excluding hydrogens is 334 g/mol. The highest BCUT2D eigenvalue weighted by atomic mass is 16.1. The first-order chi connectivity index (χ1) is 13.0. The minimum Gasteiger partial charge on any atom is -0.347 e. The van der Waals surface area contributed by atoms with Gasteiger partial charge in [0.2, 0.25) is 0 Å². The third kappa shape index (κ3) is 4.98. The van der Waals surface area contributed by atoms with Crippen molar-refractivity contribution in [3.8, 4) is 6.07 Å². The van der Waals surface area contributed by atoms with Crippen LogP contribution in [0.1, 0.15) is 37.5 Å². The molecular formula is C23H27N3O. The average Bonchev–Trinajstić information content (AvgIpc) is 2.68. The minimum atomic E-state index is -0.376. The third-order valence-corrected chi connectivity index (χ3v) is 4.56. The lowest BCUT2D eigenvalue weighted by Crippen LogP contribution is -2.21. The van der Waals surface area contributed by atoms with E-state index in [1.807, 2.05) is 61.2 Å². The molecule has 2 aromatic rings.